The minimum absolute atomic E-state index is 0.0675. The number of ether oxygens (including phenoxy) is 2. The predicted octanol–water partition coefficient (Wildman–Crippen LogP) is 2.94. The van der Waals surface area contributed by atoms with Gasteiger partial charge in [0.25, 0.3) is 5.91 Å². The normalized spacial score (nSPS) is 14.5. The van der Waals surface area contributed by atoms with Gasteiger partial charge in [-0.15, -0.1) is 0 Å². The molecule has 2 aromatic rings. The number of para-hydroxylation sites is 1. The van der Waals surface area contributed by atoms with E-state index in [9.17, 15) is 4.79 Å². The topological polar surface area (TPSA) is 60.5 Å². The second-order valence-electron chi connectivity index (χ2n) is 5.51. The predicted molar refractivity (Wildman–Crippen MR) is 88.0 cm³/mol. The second kappa shape index (κ2) is 6.69. The first-order chi connectivity index (χ1) is 11.2. The molecule has 1 N–H and O–H groups in total. The number of nitrogens with zero attached hydrogens (tertiary/aromatic N) is 1. The summed E-state index contributed by atoms with van der Waals surface area (Å²) in [5.41, 5.74) is 2.57. The van der Waals surface area contributed by atoms with E-state index in [1.54, 1.807) is 7.11 Å². The molecule has 5 nitrogen and oxygen atoms in total. The molecule has 0 bridgehead atoms. The molecule has 0 saturated heterocycles. The van der Waals surface area contributed by atoms with E-state index in [0.29, 0.717) is 19.0 Å². The minimum atomic E-state index is -0.0675. The number of methoxy groups -OCH3 is 1. The van der Waals surface area contributed by atoms with Crippen LogP contribution in [0.1, 0.15) is 25.3 Å². The molecule has 1 aliphatic rings. The van der Waals surface area contributed by atoms with Crippen LogP contribution < -0.4 is 10.1 Å². The Hall–Kier alpha value is -2.56. The van der Waals surface area contributed by atoms with E-state index in [2.05, 4.69) is 10.3 Å². The Morgan fingerprint density at radius 2 is 2.22 bits per heavy atom. The van der Waals surface area contributed by atoms with Gasteiger partial charge < -0.3 is 14.8 Å². The van der Waals surface area contributed by atoms with E-state index in [-0.39, 0.29) is 5.91 Å². The summed E-state index contributed by atoms with van der Waals surface area (Å²) >= 11 is 0. The molecular formula is C18H20N2O3. The highest BCUT2D eigenvalue weighted by Gasteiger charge is 2.18. The quantitative estimate of drug-likeness (QED) is 0.943. The molecule has 5 heteroatoms. The van der Waals surface area contributed by atoms with Gasteiger partial charge in [0.15, 0.2) is 0 Å². The summed E-state index contributed by atoms with van der Waals surface area (Å²) in [7, 11) is 1.59. The molecule has 0 fully saturated rings. The number of pyridine rings is 1. The fourth-order valence-corrected chi connectivity index (χ4v) is 2.76. The zero-order valence-electron chi connectivity index (χ0n) is 13.4. The Morgan fingerprint density at radius 3 is 3.00 bits per heavy atom. The number of hydrogen-bond acceptors (Lipinski definition) is 4. The van der Waals surface area contributed by atoms with Crippen molar-refractivity contribution in [3.8, 4) is 5.88 Å². The Labute approximate surface area is 135 Å². The van der Waals surface area contributed by atoms with E-state index in [1.807, 2.05) is 37.3 Å². The van der Waals surface area contributed by atoms with Crippen molar-refractivity contribution in [1.82, 2.24) is 10.3 Å². The number of carbonyl (C=O) groups excluding carboxylic acids is 1. The monoisotopic (exact) mass is 312 g/mol. The average Bonchev–Trinajstić information content (AvgIpc) is 2.59. The van der Waals surface area contributed by atoms with Crippen LogP contribution in [-0.4, -0.2) is 24.6 Å². The molecule has 0 atom stereocenters. The molecule has 1 aliphatic heterocycles. The van der Waals surface area contributed by atoms with Gasteiger partial charge in [-0.3, -0.25) is 4.79 Å². The lowest BCUT2D eigenvalue weighted by Gasteiger charge is -2.18. The van der Waals surface area contributed by atoms with Gasteiger partial charge in [0.2, 0.25) is 5.88 Å². The Kier molecular flexibility index (Phi) is 4.46. The Balaban J connectivity index is 1.83. The fraction of sp³-hybridized carbons (Fsp3) is 0.333. The number of amides is 1. The smallest absolute Gasteiger partial charge is 0.250 e. The molecule has 0 spiro atoms. The van der Waals surface area contributed by atoms with E-state index in [4.69, 9.17) is 9.47 Å². The number of rotatable bonds is 4. The SMILES string of the molecule is COc1cc(CNC(=O)C2=C(C)OCCC2)c2ccccc2n1. The lowest BCUT2D eigenvalue weighted by atomic mass is 10.1. The van der Waals surface area contributed by atoms with Crippen LogP contribution in [0.25, 0.3) is 10.9 Å². The summed E-state index contributed by atoms with van der Waals surface area (Å²) in [5.74, 6) is 1.21. The number of benzene rings is 1. The molecule has 0 aliphatic carbocycles. The molecule has 0 radical (unpaired) electrons. The molecule has 1 aromatic heterocycles. The first-order valence-corrected chi connectivity index (χ1v) is 7.72. The van der Waals surface area contributed by atoms with Crippen LogP contribution in [0.3, 0.4) is 0 Å². The molecule has 2 heterocycles. The number of aromatic nitrogens is 1. The van der Waals surface area contributed by atoms with Gasteiger partial charge >= 0.3 is 0 Å². The van der Waals surface area contributed by atoms with Crippen molar-refractivity contribution < 1.29 is 14.3 Å². The third-order valence-corrected chi connectivity index (χ3v) is 4.02. The average molecular weight is 312 g/mol. The van der Waals surface area contributed by atoms with Crippen molar-refractivity contribution >= 4 is 16.8 Å². The van der Waals surface area contributed by atoms with Gasteiger partial charge in [0, 0.05) is 18.0 Å². The first-order valence-electron chi connectivity index (χ1n) is 7.72. The summed E-state index contributed by atoms with van der Waals surface area (Å²) in [6, 6.07) is 9.69. The molecule has 0 unspecified atom stereocenters. The van der Waals surface area contributed by atoms with Crippen molar-refractivity contribution in [2.75, 3.05) is 13.7 Å². The van der Waals surface area contributed by atoms with E-state index >= 15 is 0 Å². The highest BCUT2D eigenvalue weighted by Crippen LogP contribution is 2.23. The van der Waals surface area contributed by atoms with Crippen LogP contribution in [0.15, 0.2) is 41.7 Å². The van der Waals surface area contributed by atoms with E-state index < -0.39 is 0 Å². The van der Waals surface area contributed by atoms with Crippen LogP contribution in [-0.2, 0) is 16.1 Å². The van der Waals surface area contributed by atoms with Gasteiger partial charge in [-0.1, -0.05) is 18.2 Å². The standard InChI is InChI=1S/C18H20N2O3/c1-12-14(7-5-9-23-12)18(21)19-11-13-10-17(22-2)20-16-8-4-3-6-15(13)16/h3-4,6,8,10H,5,7,9,11H2,1-2H3,(H,19,21). The minimum Gasteiger partial charge on any atom is -0.498 e. The maximum absolute atomic E-state index is 12.4. The van der Waals surface area contributed by atoms with Gasteiger partial charge in [-0.05, 0) is 31.4 Å². The highest BCUT2D eigenvalue weighted by atomic mass is 16.5. The highest BCUT2D eigenvalue weighted by molar-refractivity contribution is 5.94. The zero-order valence-corrected chi connectivity index (χ0v) is 13.4. The Bertz CT molecular complexity index is 768. The first kappa shape index (κ1) is 15.3. The van der Waals surface area contributed by atoms with E-state index in [1.165, 1.54) is 0 Å². The molecule has 1 aromatic carbocycles. The van der Waals surface area contributed by atoms with Crippen molar-refractivity contribution in [3.05, 3.63) is 47.2 Å². The van der Waals surface area contributed by atoms with Crippen molar-refractivity contribution in [3.63, 3.8) is 0 Å². The Morgan fingerprint density at radius 1 is 1.39 bits per heavy atom. The van der Waals surface area contributed by atoms with Gasteiger partial charge in [-0.2, -0.15) is 0 Å². The van der Waals surface area contributed by atoms with Crippen LogP contribution in [0.5, 0.6) is 5.88 Å². The second-order valence-corrected chi connectivity index (χ2v) is 5.51. The van der Waals surface area contributed by atoms with Gasteiger partial charge in [-0.25, -0.2) is 4.98 Å². The van der Waals surface area contributed by atoms with Crippen molar-refractivity contribution in [2.24, 2.45) is 0 Å². The molecular weight excluding hydrogens is 292 g/mol. The molecule has 120 valence electrons. The van der Waals surface area contributed by atoms with Crippen molar-refractivity contribution in [2.45, 2.75) is 26.3 Å². The summed E-state index contributed by atoms with van der Waals surface area (Å²) in [6.07, 6.45) is 1.64. The summed E-state index contributed by atoms with van der Waals surface area (Å²) < 4.78 is 10.7. The number of fused-ring (bicyclic) bond motifs is 1. The number of allylic oxidation sites excluding steroid dienone is 1. The summed E-state index contributed by atoms with van der Waals surface area (Å²) in [6.45, 7) is 2.96. The molecule has 1 amide bonds. The van der Waals surface area contributed by atoms with Gasteiger partial charge in [0.05, 0.1) is 24.8 Å². The van der Waals surface area contributed by atoms with Crippen LogP contribution >= 0.6 is 0 Å². The lowest BCUT2D eigenvalue weighted by molar-refractivity contribution is -0.118. The third-order valence-electron chi connectivity index (χ3n) is 4.02. The fourth-order valence-electron chi connectivity index (χ4n) is 2.76. The lowest BCUT2D eigenvalue weighted by Crippen LogP contribution is -2.27. The van der Waals surface area contributed by atoms with Crippen LogP contribution in [0, 0.1) is 0 Å². The van der Waals surface area contributed by atoms with Crippen molar-refractivity contribution in [1.29, 1.82) is 0 Å². The number of nitrogens with one attached hydrogen (secondary N) is 1. The molecule has 0 saturated carbocycles. The maximum Gasteiger partial charge on any atom is 0.250 e. The zero-order chi connectivity index (χ0) is 16.2. The summed E-state index contributed by atoms with van der Waals surface area (Å²) in [4.78, 5) is 16.8. The number of hydrogen-bond donors (Lipinski definition) is 1. The summed E-state index contributed by atoms with van der Waals surface area (Å²) in [5, 5.41) is 4.00. The largest absolute Gasteiger partial charge is 0.498 e. The maximum atomic E-state index is 12.4. The van der Waals surface area contributed by atoms with Crippen LogP contribution in [0.2, 0.25) is 0 Å². The van der Waals surface area contributed by atoms with Gasteiger partial charge in [0.1, 0.15) is 5.76 Å². The molecule has 3 rings (SSSR count). The van der Waals surface area contributed by atoms with Crippen LogP contribution in [0.4, 0.5) is 0 Å². The third kappa shape index (κ3) is 3.28. The van der Waals surface area contributed by atoms with E-state index in [0.717, 1.165) is 40.6 Å². The number of carbonyl (C=O) groups is 1. The molecule has 23 heavy (non-hydrogen) atoms.